The van der Waals surface area contributed by atoms with E-state index < -0.39 is 17.8 Å². The maximum atomic E-state index is 13.5. The van der Waals surface area contributed by atoms with Crippen molar-refractivity contribution < 1.29 is 22.4 Å². The summed E-state index contributed by atoms with van der Waals surface area (Å²) in [6.07, 6.45) is -0.657. The Morgan fingerprint density at radius 3 is 2.69 bits per heavy atom. The Balaban J connectivity index is 1.74. The van der Waals surface area contributed by atoms with Gasteiger partial charge in [-0.25, -0.2) is 14.5 Å². The average molecular weight is 408 g/mol. The first-order valence-electron chi connectivity index (χ1n) is 8.56. The maximum absolute atomic E-state index is 13.5. The highest BCUT2D eigenvalue weighted by molar-refractivity contribution is 5.90. The van der Waals surface area contributed by atoms with E-state index in [0.717, 1.165) is 6.07 Å². The molecule has 0 saturated heterocycles. The summed E-state index contributed by atoms with van der Waals surface area (Å²) in [5.41, 5.74) is -1.18. The summed E-state index contributed by atoms with van der Waals surface area (Å²) in [5.74, 6) is 0.628. The first-order chi connectivity index (χ1) is 13.8. The predicted molar refractivity (Wildman–Crippen MR) is 98.5 cm³/mol. The van der Waals surface area contributed by atoms with Gasteiger partial charge in [0.25, 0.3) is 0 Å². The number of hydrogen-bond donors (Lipinski definition) is 2. The number of furan rings is 1. The lowest BCUT2D eigenvalue weighted by atomic mass is 10.1. The number of likely N-dealkylation sites (N-methyl/N-ethyl adjacent to an activating group) is 1. The van der Waals surface area contributed by atoms with E-state index in [4.69, 9.17) is 4.42 Å². The van der Waals surface area contributed by atoms with Crippen molar-refractivity contribution >= 4 is 11.7 Å². The Morgan fingerprint density at radius 2 is 2.10 bits per heavy atom. The highest BCUT2D eigenvalue weighted by atomic mass is 19.4. The number of halogens is 3. The lowest BCUT2D eigenvalue weighted by molar-refractivity contribution is -0.136. The number of alkyl halides is 3. The second-order valence-corrected chi connectivity index (χ2v) is 6.40. The van der Waals surface area contributed by atoms with E-state index in [1.165, 1.54) is 35.7 Å². The Labute approximate surface area is 164 Å². The average Bonchev–Trinajstić information content (AvgIpc) is 3.35. The molecule has 2 amide bonds. The second kappa shape index (κ2) is 8.35. The van der Waals surface area contributed by atoms with Crippen LogP contribution in [0.3, 0.4) is 0 Å². The van der Waals surface area contributed by atoms with Gasteiger partial charge in [-0.2, -0.15) is 18.3 Å². The van der Waals surface area contributed by atoms with Crippen LogP contribution in [0.1, 0.15) is 17.4 Å². The summed E-state index contributed by atoms with van der Waals surface area (Å²) < 4.78 is 47.0. The molecule has 0 radical (unpaired) electrons. The minimum atomic E-state index is -4.67. The number of aromatic nitrogens is 3. The normalized spacial score (nSPS) is 12.8. The third-order valence-electron chi connectivity index (χ3n) is 4.19. The molecule has 2 N–H and O–H groups in total. The van der Waals surface area contributed by atoms with Crippen LogP contribution in [0.4, 0.5) is 23.7 Å². The van der Waals surface area contributed by atoms with E-state index in [9.17, 15) is 18.0 Å². The molecule has 0 aliphatic rings. The van der Waals surface area contributed by atoms with Crippen molar-refractivity contribution in [3.8, 4) is 5.69 Å². The number of nitrogens with one attached hydrogen (secondary N) is 2. The van der Waals surface area contributed by atoms with Gasteiger partial charge in [0.05, 0.1) is 29.2 Å². The van der Waals surface area contributed by atoms with Gasteiger partial charge >= 0.3 is 12.2 Å². The molecule has 3 aromatic rings. The van der Waals surface area contributed by atoms with Crippen LogP contribution in [0.2, 0.25) is 0 Å². The quantitative estimate of drug-likeness (QED) is 0.653. The van der Waals surface area contributed by atoms with Gasteiger partial charge in [0.1, 0.15) is 18.4 Å². The van der Waals surface area contributed by atoms with Crippen LogP contribution in [0.25, 0.3) is 5.69 Å². The molecule has 0 spiro atoms. The monoisotopic (exact) mass is 408 g/mol. The van der Waals surface area contributed by atoms with Gasteiger partial charge in [-0.05, 0) is 44.4 Å². The number of hydrogen-bond acceptors (Lipinski definition) is 5. The van der Waals surface area contributed by atoms with E-state index >= 15 is 0 Å². The first-order valence-corrected chi connectivity index (χ1v) is 8.56. The molecule has 0 aliphatic carbocycles. The molecule has 0 saturated carbocycles. The topological polar surface area (TPSA) is 88.2 Å². The lowest BCUT2D eigenvalue weighted by Gasteiger charge is -2.23. The molecule has 3 rings (SSSR count). The van der Waals surface area contributed by atoms with Crippen LogP contribution < -0.4 is 10.6 Å². The SMILES string of the molecule is CN(C)[C@H](CNC(=O)Nc1ccc(-n2cncn2)cc1C(F)(F)F)c1ccco1. The third kappa shape index (κ3) is 4.93. The Kier molecular flexibility index (Phi) is 5.87. The Hall–Kier alpha value is -3.34. The zero-order chi connectivity index (χ0) is 21.0. The van der Waals surface area contributed by atoms with Crippen LogP contribution >= 0.6 is 0 Å². The predicted octanol–water partition coefficient (Wildman–Crippen LogP) is 3.30. The molecular formula is C18H19F3N6O2. The zero-order valence-electron chi connectivity index (χ0n) is 15.6. The molecule has 0 fully saturated rings. The van der Waals surface area contributed by atoms with Gasteiger partial charge in [0.2, 0.25) is 0 Å². The van der Waals surface area contributed by atoms with E-state index in [-0.39, 0.29) is 24.0 Å². The fourth-order valence-corrected chi connectivity index (χ4v) is 2.73. The lowest BCUT2D eigenvalue weighted by Crippen LogP contribution is -2.37. The zero-order valence-corrected chi connectivity index (χ0v) is 15.6. The molecule has 8 nitrogen and oxygen atoms in total. The molecule has 29 heavy (non-hydrogen) atoms. The number of rotatable bonds is 6. The van der Waals surface area contributed by atoms with Gasteiger partial charge in [-0.3, -0.25) is 4.90 Å². The van der Waals surface area contributed by atoms with E-state index in [0.29, 0.717) is 5.76 Å². The fourth-order valence-electron chi connectivity index (χ4n) is 2.73. The molecule has 154 valence electrons. The molecule has 2 aromatic heterocycles. The van der Waals surface area contributed by atoms with Crippen LogP contribution in [0.5, 0.6) is 0 Å². The van der Waals surface area contributed by atoms with Crippen molar-refractivity contribution in [3.05, 3.63) is 60.6 Å². The van der Waals surface area contributed by atoms with Gasteiger partial charge < -0.3 is 15.1 Å². The minimum absolute atomic E-state index is 0.144. The molecule has 1 aromatic carbocycles. The summed E-state index contributed by atoms with van der Waals surface area (Å²) >= 11 is 0. The molecular weight excluding hydrogens is 389 g/mol. The van der Waals surface area contributed by atoms with Crippen LogP contribution in [-0.2, 0) is 6.18 Å². The largest absolute Gasteiger partial charge is 0.468 e. The Morgan fingerprint density at radius 1 is 1.31 bits per heavy atom. The fraction of sp³-hybridized carbons (Fsp3) is 0.278. The summed E-state index contributed by atoms with van der Waals surface area (Å²) in [4.78, 5) is 17.8. The molecule has 0 unspecified atom stereocenters. The summed E-state index contributed by atoms with van der Waals surface area (Å²) in [6, 6.07) is 5.93. The second-order valence-electron chi connectivity index (χ2n) is 6.40. The van der Waals surface area contributed by atoms with Crippen molar-refractivity contribution in [2.45, 2.75) is 12.2 Å². The number of amides is 2. The van der Waals surface area contributed by atoms with Crippen LogP contribution in [0, 0.1) is 0 Å². The van der Waals surface area contributed by atoms with Gasteiger partial charge in [-0.1, -0.05) is 0 Å². The van der Waals surface area contributed by atoms with Crippen molar-refractivity contribution in [1.29, 1.82) is 0 Å². The van der Waals surface area contributed by atoms with Gasteiger partial charge in [-0.15, -0.1) is 0 Å². The van der Waals surface area contributed by atoms with Crippen molar-refractivity contribution in [2.24, 2.45) is 0 Å². The molecule has 2 heterocycles. The van der Waals surface area contributed by atoms with Crippen LogP contribution in [0.15, 0.2) is 53.7 Å². The van der Waals surface area contributed by atoms with Crippen molar-refractivity contribution in [1.82, 2.24) is 25.0 Å². The number of nitrogens with zero attached hydrogens (tertiary/aromatic N) is 4. The van der Waals surface area contributed by atoms with E-state index in [1.54, 1.807) is 26.2 Å². The van der Waals surface area contributed by atoms with E-state index in [1.807, 2.05) is 4.90 Å². The highest BCUT2D eigenvalue weighted by Gasteiger charge is 2.34. The molecule has 0 bridgehead atoms. The third-order valence-corrected chi connectivity index (χ3v) is 4.19. The minimum Gasteiger partial charge on any atom is -0.468 e. The van der Waals surface area contributed by atoms with E-state index in [2.05, 4.69) is 20.7 Å². The number of anilines is 1. The number of urea groups is 1. The maximum Gasteiger partial charge on any atom is 0.418 e. The number of carbonyl (C=O) groups is 1. The summed E-state index contributed by atoms with van der Waals surface area (Å²) in [7, 11) is 3.61. The number of carbonyl (C=O) groups excluding carboxylic acids is 1. The first kappa shape index (κ1) is 20.4. The van der Waals surface area contributed by atoms with Gasteiger partial charge in [0.15, 0.2) is 0 Å². The van der Waals surface area contributed by atoms with Crippen molar-refractivity contribution in [3.63, 3.8) is 0 Å². The Bertz CT molecular complexity index is 939. The highest BCUT2D eigenvalue weighted by Crippen LogP contribution is 2.36. The van der Waals surface area contributed by atoms with Crippen molar-refractivity contribution in [2.75, 3.05) is 26.0 Å². The summed E-state index contributed by atoms with van der Waals surface area (Å²) in [6.45, 7) is 0.144. The molecule has 1 atom stereocenters. The summed E-state index contributed by atoms with van der Waals surface area (Å²) in [5, 5.41) is 8.65. The molecule has 0 aliphatic heterocycles. The standard InChI is InChI=1S/C18H19F3N6O2/c1-26(2)15(16-4-3-7-29-16)9-23-17(28)25-14-6-5-12(27-11-22-10-24-27)8-13(14)18(19,20)21/h3-8,10-11,15H,9H2,1-2H3,(H2,23,25,28)/t15-/m1/s1. The smallest absolute Gasteiger partial charge is 0.418 e. The van der Waals surface area contributed by atoms with Crippen LogP contribution in [-0.4, -0.2) is 46.3 Å². The molecule has 11 heteroatoms. The van der Waals surface area contributed by atoms with Gasteiger partial charge in [0, 0.05) is 6.54 Å². The number of benzene rings is 1.